The highest BCUT2D eigenvalue weighted by molar-refractivity contribution is 5.16. The van der Waals surface area contributed by atoms with Crippen molar-refractivity contribution in [3.63, 3.8) is 0 Å². The van der Waals surface area contributed by atoms with Gasteiger partial charge in [-0.2, -0.15) is 0 Å². The smallest absolute Gasteiger partial charge is 0.0315 e. The lowest BCUT2D eigenvalue weighted by molar-refractivity contribution is -0.0193. The van der Waals surface area contributed by atoms with E-state index in [9.17, 15) is 0 Å². The van der Waals surface area contributed by atoms with Gasteiger partial charge in [0.1, 0.15) is 0 Å². The predicted molar refractivity (Wildman–Crippen MR) is 295 cm³/mol. The molecule has 0 aromatic heterocycles. The second-order valence-corrected chi connectivity index (χ2v) is 29.4. The molecular weight excluding hydrogens is 845 g/mol. The summed E-state index contributed by atoms with van der Waals surface area (Å²) in [6, 6.07) is 5.29. The summed E-state index contributed by atoms with van der Waals surface area (Å²) in [7, 11) is 0. The van der Waals surface area contributed by atoms with Crippen molar-refractivity contribution in [2.45, 2.75) is 312 Å². The lowest BCUT2D eigenvalue weighted by Crippen LogP contribution is -2.53. The third-order valence-electron chi connectivity index (χ3n) is 26.6. The van der Waals surface area contributed by atoms with Gasteiger partial charge in [0.15, 0.2) is 0 Å². The number of allylic oxidation sites excluding steroid dienone is 3. The molecule has 0 amide bonds. The molecule has 1 heterocycles. The van der Waals surface area contributed by atoms with Crippen molar-refractivity contribution >= 4 is 0 Å². The van der Waals surface area contributed by atoms with Crippen molar-refractivity contribution in [1.82, 2.24) is 9.80 Å². The molecule has 1 saturated heterocycles. The maximum absolute atomic E-state index is 3.42. The van der Waals surface area contributed by atoms with E-state index in [-0.39, 0.29) is 0 Å². The maximum atomic E-state index is 3.42. The van der Waals surface area contributed by atoms with Crippen molar-refractivity contribution in [2.24, 2.45) is 88.8 Å². The topological polar surface area (TPSA) is 6.48 Å². The molecule has 0 N–H and O–H groups in total. The summed E-state index contributed by atoms with van der Waals surface area (Å²) >= 11 is 0. The highest BCUT2D eigenvalue weighted by atomic mass is 15.3. The molecule has 70 heavy (non-hydrogen) atoms. The molecule has 12 aliphatic carbocycles. The first-order valence-corrected chi connectivity index (χ1v) is 33.6. The Morgan fingerprint density at radius 3 is 1.54 bits per heavy atom. The van der Waals surface area contributed by atoms with Gasteiger partial charge < -0.3 is 0 Å². The Hall–Kier alpha value is -0.600. The number of hydrogen-bond donors (Lipinski definition) is 0. The Labute approximate surface area is 432 Å². The first-order valence-electron chi connectivity index (χ1n) is 33.6. The molecule has 0 radical (unpaired) electrons. The normalized spacial score (nSPS) is 49.5. The fourth-order valence-corrected chi connectivity index (χ4v) is 23.6. The second kappa shape index (κ2) is 22.5. The third-order valence-corrected chi connectivity index (χ3v) is 26.6. The molecule has 0 aromatic carbocycles. The van der Waals surface area contributed by atoms with E-state index in [0.717, 1.165) is 125 Å². The minimum atomic E-state index is 0.791. The van der Waals surface area contributed by atoms with Gasteiger partial charge in [0, 0.05) is 36.3 Å². The van der Waals surface area contributed by atoms with Gasteiger partial charge in [-0.3, -0.25) is 9.80 Å². The van der Waals surface area contributed by atoms with Gasteiger partial charge in [-0.05, 0) is 262 Å². The Morgan fingerprint density at radius 1 is 0.343 bits per heavy atom. The van der Waals surface area contributed by atoms with Crippen LogP contribution in [0.5, 0.6) is 0 Å². The maximum Gasteiger partial charge on any atom is 0.0315 e. The van der Waals surface area contributed by atoms with E-state index >= 15 is 0 Å². The van der Waals surface area contributed by atoms with E-state index < -0.39 is 0 Å². The average molecular weight is 956 g/mol. The van der Waals surface area contributed by atoms with Crippen LogP contribution in [0.25, 0.3) is 0 Å². The van der Waals surface area contributed by atoms with Gasteiger partial charge in [-0.1, -0.05) is 127 Å². The molecule has 10 saturated carbocycles. The van der Waals surface area contributed by atoms with Crippen molar-refractivity contribution in [1.29, 1.82) is 0 Å². The standard InChI is InChI=1S/C68H110N2/c1-3-24-61-50(14-1)16-12-28-63(61)55-21-9-18-52(44-55)47-32-38-57(39-33-47)69(58-40-34-48(35-41-58)53-19-10-22-56(45-53)64-29-13-17-51-15-2-4-25-62(51)64)59-42-36-49(37-43-59)54-20-11-23-60(46-54)70-67-30-7-5-26-65(67)66-27-6-8-31-68(66)70/h7,16,30,47-49,51-68H,1-6,8-15,17-29,31-46H2/t47?,48?,49?,51?,52?,53?,54?,55?,56?,57?,58?,59?,60?,61?,62-,63?,64?,65?,66?,67?,68?/m0/s1. The van der Waals surface area contributed by atoms with Gasteiger partial charge >= 0.3 is 0 Å². The van der Waals surface area contributed by atoms with Crippen molar-refractivity contribution < 1.29 is 0 Å². The first-order chi connectivity index (χ1) is 34.7. The summed E-state index contributed by atoms with van der Waals surface area (Å²) in [5, 5.41) is 0. The predicted octanol–water partition coefficient (Wildman–Crippen LogP) is 18.5. The summed E-state index contributed by atoms with van der Waals surface area (Å²) in [4.78, 5) is 6.66. The van der Waals surface area contributed by atoms with Crippen LogP contribution in [0.2, 0.25) is 0 Å². The van der Waals surface area contributed by atoms with E-state index in [1.807, 2.05) is 5.57 Å². The Morgan fingerprint density at radius 2 is 0.843 bits per heavy atom. The molecule has 2 nitrogen and oxygen atoms in total. The summed E-state index contributed by atoms with van der Waals surface area (Å²) in [6.07, 6.45) is 74.5. The van der Waals surface area contributed by atoms with Gasteiger partial charge in [0.05, 0.1) is 0 Å². The van der Waals surface area contributed by atoms with Crippen LogP contribution < -0.4 is 0 Å². The molecule has 392 valence electrons. The molecule has 2 heteroatoms. The summed E-state index contributed by atoms with van der Waals surface area (Å²) in [6.45, 7) is 0. The molecule has 1 aliphatic heterocycles. The minimum Gasteiger partial charge on any atom is -0.294 e. The van der Waals surface area contributed by atoms with E-state index in [2.05, 4.69) is 28.0 Å². The lowest BCUT2D eigenvalue weighted by atomic mass is 9.58. The Kier molecular flexibility index (Phi) is 15.8. The monoisotopic (exact) mass is 955 g/mol. The van der Waals surface area contributed by atoms with E-state index in [1.165, 1.54) is 83.5 Å². The molecule has 0 aromatic rings. The molecule has 0 bridgehead atoms. The van der Waals surface area contributed by atoms with Crippen LogP contribution in [0.3, 0.4) is 0 Å². The van der Waals surface area contributed by atoms with Crippen LogP contribution in [0, 0.1) is 88.8 Å². The van der Waals surface area contributed by atoms with E-state index in [4.69, 9.17) is 0 Å². The fraction of sp³-hybridized carbons (Fsp3) is 0.941. The summed E-state index contributed by atoms with van der Waals surface area (Å²) < 4.78 is 0. The highest BCUT2D eigenvalue weighted by Gasteiger charge is 2.52. The third kappa shape index (κ3) is 10.1. The second-order valence-electron chi connectivity index (χ2n) is 29.4. The lowest BCUT2D eigenvalue weighted by Gasteiger charge is -2.52. The summed E-state index contributed by atoms with van der Waals surface area (Å²) in [5.74, 6) is 15.8. The van der Waals surface area contributed by atoms with Crippen LogP contribution in [-0.2, 0) is 0 Å². The number of nitrogens with zero attached hydrogens (tertiary/aromatic N) is 2. The van der Waals surface area contributed by atoms with Crippen molar-refractivity contribution in [2.75, 3.05) is 0 Å². The van der Waals surface area contributed by atoms with Crippen LogP contribution in [-0.4, -0.2) is 46.1 Å². The molecular formula is C68H110N2. The largest absolute Gasteiger partial charge is 0.294 e. The van der Waals surface area contributed by atoms with Crippen LogP contribution in [0.4, 0.5) is 0 Å². The molecule has 14 unspecified atom stereocenters. The van der Waals surface area contributed by atoms with E-state index in [0.29, 0.717) is 0 Å². The van der Waals surface area contributed by atoms with Crippen molar-refractivity contribution in [3.05, 3.63) is 23.8 Å². The van der Waals surface area contributed by atoms with E-state index in [1.54, 1.807) is 193 Å². The van der Waals surface area contributed by atoms with Gasteiger partial charge in [-0.25, -0.2) is 0 Å². The highest BCUT2D eigenvalue weighted by Crippen LogP contribution is 2.56. The van der Waals surface area contributed by atoms with Crippen LogP contribution in [0.1, 0.15) is 276 Å². The first kappa shape index (κ1) is 49.0. The van der Waals surface area contributed by atoms with Gasteiger partial charge in [-0.15, -0.1) is 0 Å². The zero-order valence-corrected chi connectivity index (χ0v) is 45.7. The molecule has 11 fully saturated rings. The molecule has 0 spiro atoms. The fourth-order valence-electron chi connectivity index (χ4n) is 23.6. The van der Waals surface area contributed by atoms with Gasteiger partial charge in [0.25, 0.3) is 0 Å². The number of fused-ring (bicyclic) bond motifs is 5. The SMILES string of the molecule is C1=CC2C(CC1)C1CCCCC1N2C1CCCC(C2CCC(N(C3CCC(C4CCCC(C5CCC=C6CCCCC65)C4)CC3)C3CCC(C4CCCC(C5CCCC6CCCC[C@@H]65)C4)CC3)CC2)C1. The van der Waals surface area contributed by atoms with Crippen LogP contribution in [0.15, 0.2) is 23.8 Å². The molecule has 13 aliphatic rings. The zero-order chi connectivity index (χ0) is 46.4. The summed E-state index contributed by atoms with van der Waals surface area (Å²) in [5.41, 5.74) is 1.92. The zero-order valence-electron chi connectivity index (χ0n) is 45.7. The molecule has 15 atom stereocenters. The number of likely N-dealkylation sites (tertiary alicyclic amines) is 1. The number of hydrogen-bond acceptors (Lipinski definition) is 2. The van der Waals surface area contributed by atoms with Gasteiger partial charge in [0.2, 0.25) is 0 Å². The molecule has 13 rings (SSSR count). The average Bonchev–Trinajstić information content (AvgIpc) is 3.78. The quantitative estimate of drug-likeness (QED) is 0.213. The van der Waals surface area contributed by atoms with Crippen molar-refractivity contribution in [3.8, 4) is 0 Å². The Balaban J connectivity index is 0.662. The minimum absolute atomic E-state index is 0.791. The number of rotatable bonds is 9. The Bertz CT molecular complexity index is 1720. The van der Waals surface area contributed by atoms with Crippen LogP contribution >= 0.6 is 0 Å².